The summed E-state index contributed by atoms with van der Waals surface area (Å²) in [6, 6.07) is 1.91. The number of pyridine rings is 1. The van der Waals surface area contributed by atoms with Crippen molar-refractivity contribution in [2.75, 3.05) is 7.11 Å². The second-order valence-corrected chi connectivity index (χ2v) is 7.05. The van der Waals surface area contributed by atoms with Crippen LogP contribution in [0.3, 0.4) is 0 Å². The average Bonchev–Trinajstić information content (AvgIpc) is 3.09. The molecule has 6 nitrogen and oxygen atoms in total. The van der Waals surface area contributed by atoms with E-state index in [-0.39, 0.29) is 11.9 Å². The van der Waals surface area contributed by atoms with Crippen LogP contribution in [-0.2, 0) is 9.53 Å². The van der Waals surface area contributed by atoms with E-state index in [1.54, 1.807) is 6.07 Å². The number of amides is 1. The Morgan fingerprint density at radius 1 is 1.31 bits per heavy atom. The molecule has 0 spiro atoms. The van der Waals surface area contributed by atoms with Gasteiger partial charge in [-0.15, -0.1) is 0 Å². The fourth-order valence-electron chi connectivity index (χ4n) is 4.12. The first kappa shape index (κ1) is 16.6. The molecular formula is C20H20N2O4. The van der Waals surface area contributed by atoms with Gasteiger partial charge in [-0.3, -0.25) is 4.79 Å². The molecule has 3 aliphatic rings. The predicted octanol–water partition coefficient (Wildman–Crippen LogP) is 2.66. The standard InChI is InChI=1S/C20H20N2O4/c1-25-19(23)7-6-14-11-26-18-10-21-17(9-15(14)18)20(24)22-16-8-12-2-4-13(16)5-3-12/h9-13,16H,2-5,8H2,1H3,(H,22,24). The number of rotatable bonds is 2. The summed E-state index contributed by atoms with van der Waals surface area (Å²) in [5, 5.41) is 3.82. The van der Waals surface area contributed by atoms with E-state index in [9.17, 15) is 9.59 Å². The number of furan rings is 1. The summed E-state index contributed by atoms with van der Waals surface area (Å²) in [6.45, 7) is 0. The SMILES string of the molecule is COC(=O)C#Cc1coc2cnc(C(=O)NC3CC4CCC3CC4)cc12. The highest BCUT2D eigenvalue weighted by molar-refractivity contribution is 5.97. The molecule has 6 heteroatoms. The number of hydrogen-bond acceptors (Lipinski definition) is 5. The van der Waals surface area contributed by atoms with Crippen molar-refractivity contribution in [1.82, 2.24) is 10.3 Å². The summed E-state index contributed by atoms with van der Waals surface area (Å²) in [5.74, 6) is 5.61. The van der Waals surface area contributed by atoms with Crippen molar-refractivity contribution in [3.05, 3.63) is 29.8 Å². The van der Waals surface area contributed by atoms with Crippen LogP contribution in [0.2, 0.25) is 0 Å². The number of methoxy groups -OCH3 is 1. The fraction of sp³-hybridized carbons (Fsp3) is 0.450. The molecule has 2 bridgehead atoms. The Bertz CT molecular complexity index is 913. The topological polar surface area (TPSA) is 81.4 Å². The van der Waals surface area contributed by atoms with Gasteiger partial charge in [0.1, 0.15) is 12.0 Å². The minimum Gasteiger partial charge on any atom is -0.461 e. The molecule has 5 rings (SSSR count). The van der Waals surface area contributed by atoms with E-state index >= 15 is 0 Å². The molecular weight excluding hydrogens is 332 g/mol. The van der Waals surface area contributed by atoms with Crippen LogP contribution in [0, 0.1) is 23.7 Å². The average molecular weight is 352 g/mol. The number of hydrogen-bond donors (Lipinski definition) is 1. The number of fused-ring (bicyclic) bond motifs is 4. The van der Waals surface area contributed by atoms with Crippen molar-refractivity contribution in [3.8, 4) is 11.8 Å². The summed E-state index contributed by atoms with van der Waals surface area (Å²) in [6.07, 6.45) is 9.02. The van der Waals surface area contributed by atoms with Crippen LogP contribution in [0.15, 0.2) is 22.9 Å². The second kappa shape index (κ2) is 6.83. The number of carbonyl (C=O) groups is 2. The lowest BCUT2D eigenvalue weighted by Gasteiger charge is -2.42. The van der Waals surface area contributed by atoms with Gasteiger partial charge >= 0.3 is 5.97 Å². The first-order valence-electron chi connectivity index (χ1n) is 8.92. The molecule has 3 saturated carbocycles. The first-order valence-corrected chi connectivity index (χ1v) is 8.92. The maximum Gasteiger partial charge on any atom is 0.384 e. The van der Waals surface area contributed by atoms with E-state index < -0.39 is 5.97 Å². The molecule has 0 aliphatic heterocycles. The number of carbonyl (C=O) groups excluding carboxylic acids is 2. The predicted molar refractivity (Wildman–Crippen MR) is 94.2 cm³/mol. The number of nitrogens with one attached hydrogen (secondary N) is 1. The van der Waals surface area contributed by atoms with E-state index in [1.165, 1.54) is 45.3 Å². The van der Waals surface area contributed by atoms with Crippen LogP contribution in [0.5, 0.6) is 0 Å². The van der Waals surface area contributed by atoms with E-state index in [0.717, 1.165) is 12.3 Å². The third-order valence-corrected chi connectivity index (χ3v) is 5.54. The van der Waals surface area contributed by atoms with Crippen molar-refractivity contribution >= 4 is 22.8 Å². The first-order chi connectivity index (χ1) is 12.6. The molecule has 1 amide bonds. The van der Waals surface area contributed by atoms with Gasteiger partial charge in [0.05, 0.1) is 18.9 Å². The highest BCUT2D eigenvalue weighted by Crippen LogP contribution is 2.41. The summed E-state index contributed by atoms with van der Waals surface area (Å²) in [4.78, 5) is 28.1. The van der Waals surface area contributed by atoms with Crippen molar-refractivity contribution in [2.24, 2.45) is 11.8 Å². The Kier molecular flexibility index (Phi) is 4.37. The van der Waals surface area contributed by atoms with E-state index in [2.05, 4.69) is 26.9 Å². The van der Waals surface area contributed by atoms with Gasteiger partial charge < -0.3 is 14.5 Å². The monoisotopic (exact) mass is 352 g/mol. The lowest BCUT2D eigenvalue weighted by Crippen LogP contribution is -2.47. The van der Waals surface area contributed by atoms with Gasteiger partial charge in [0.2, 0.25) is 0 Å². The van der Waals surface area contributed by atoms with E-state index in [1.807, 2.05) is 0 Å². The van der Waals surface area contributed by atoms with Crippen molar-refractivity contribution in [3.63, 3.8) is 0 Å². The minimum absolute atomic E-state index is 0.169. The Morgan fingerprint density at radius 3 is 2.81 bits per heavy atom. The van der Waals surface area contributed by atoms with Crippen LogP contribution >= 0.6 is 0 Å². The molecule has 1 unspecified atom stereocenters. The van der Waals surface area contributed by atoms with Gasteiger partial charge in [-0.2, -0.15) is 0 Å². The second-order valence-electron chi connectivity index (χ2n) is 7.05. The molecule has 1 atom stereocenters. The highest BCUT2D eigenvalue weighted by atomic mass is 16.5. The van der Waals surface area contributed by atoms with Crippen LogP contribution in [0.4, 0.5) is 0 Å². The van der Waals surface area contributed by atoms with Gasteiger partial charge in [-0.25, -0.2) is 9.78 Å². The Labute approximate surface area is 151 Å². The van der Waals surface area contributed by atoms with Crippen LogP contribution in [0.25, 0.3) is 11.0 Å². The highest BCUT2D eigenvalue weighted by Gasteiger charge is 2.36. The van der Waals surface area contributed by atoms with Crippen molar-refractivity contribution in [1.29, 1.82) is 0 Å². The van der Waals surface area contributed by atoms with Gasteiger partial charge in [-0.05, 0) is 37.2 Å². The van der Waals surface area contributed by atoms with Gasteiger partial charge in [0.15, 0.2) is 5.58 Å². The molecule has 3 fully saturated rings. The molecule has 0 aromatic carbocycles. The molecule has 134 valence electrons. The maximum absolute atomic E-state index is 12.7. The molecule has 0 radical (unpaired) electrons. The number of nitrogens with zero attached hydrogens (tertiary/aromatic N) is 1. The van der Waals surface area contributed by atoms with Crippen LogP contribution in [0.1, 0.15) is 48.2 Å². The Hall–Kier alpha value is -2.81. The number of esters is 1. The Morgan fingerprint density at radius 2 is 2.12 bits per heavy atom. The van der Waals surface area contributed by atoms with E-state index in [0.29, 0.717) is 28.1 Å². The molecule has 1 N–H and O–H groups in total. The summed E-state index contributed by atoms with van der Waals surface area (Å²) >= 11 is 0. The molecule has 3 aliphatic carbocycles. The van der Waals surface area contributed by atoms with E-state index in [4.69, 9.17) is 4.42 Å². The van der Waals surface area contributed by atoms with Gasteiger partial charge in [-0.1, -0.05) is 18.8 Å². The van der Waals surface area contributed by atoms with Crippen molar-refractivity contribution in [2.45, 2.75) is 38.1 Å². The fourth-order valence-corrected chi connectivity index (χ4v) is 4.12. The van der Waals surface area contributed by atoms with Crippen molar-refractivity contribution < 1.29 is 18.7 Å². The molecule has 26 heavy (non-hydrogen) atoms. The lowest BCUT2D eigenvalue weighted by atomic mass is 9.68. The zero-order valence-corrected chi connectivity index (χ0v) is 14.6. The number of aromatic nitrogens is 1. The third-order valence-electron chi connectivity index (χ3n) is 5.54. The number of ether oxygens (including phenoxy) is 1. The van der Waals surface area contributed by atoms with Gasteiger partial charge in [0.25, 0.3) is 5.91 Å². The van der Waals surface area contributed by atoms with Gasteiger partial charge in [0, 0.05) is 17.3 Å². The van der Waals surface area contributed by atoms with Crippen LogP contribution in [-0.4, -0.2) is 30.0 Å². The lowest BCUT2D eigenvalue weighted by molar-refractivity contribution is -0.133. The molecule has 0 saturated heterocycles. The molecule has 2 aromatic rings. The third kappa shape index (κ3) is 3.17. The quantitative estimate of drug-likeness (QED) is 0.664. The Balaban J connectivity index is 1.55. The summed E-state index contributed by atoms with van der Waals surface area (Å²) < 4.78 is 9.90. The normalized spacial score (nSPS) is 24.0. The zero-order valence-electron chi connectivity index (χ0n) is 14.6. The zero-order chi connectivity index (χ0) is 18.1. The smallest absolute Gasteiger partial charge is 0.384 e. The molecule has 2 heterocycles. The maximum atomic E-state index is 12.7. The van der Waals surface area contributed by atoms with Crippen LogP contribution < -0.4 is 5.32 Å². The minimum atomic E-state index is -0.626. The molecule has 2 aromatic heterocycles. The summed E-state index contributed by atoms with van der Waals surface area (Å²) in [7, 11) is 1.27. The largest absolute Gasteiger partial charge is 0.461 e. The summed E-state index contributed by atoms with van der Waals surface area (Å²) in [5.41, 5.74) is 1.38.